The topological polar surface area (TPSA) is 231 Å². The molecule has 5 N–H and O–H groups in total. The summed E-state index contributed by atoms with van der Waals surface area (Å²) in [6.07, 6.45) is 3.62. The second kappa shape index (κ2) is 17.0. The lowest BCUT2D eigenvalue weighted by atomic mass is 10.1. The fourth-order valence-corrected chi connectivity index (χ4v) is 7.26. The van der Waals surface area contributed by atoms with Crippen LogP contribution >= 0.6 is 22.9 Å². The van der Waals surface area contributed by atoms with Gasteiger partial charge in [-0.15, -0.1) is 11.3 Å². The summed E-state index contributed by atoms with van der Waals surface area (Å²) in [6.45, 7) is 0.879. The Labute approximate surface area is 312 Å². The lowest BCUT2D eigenvalue weighted by Crippen LogP contribution is -2.55. The summed E-state index contributed by atoms with van der Waals surface area (Å²) in [5, 5.41) is 22.9. The molecule has 5 heterocycles. The molecule has 0 unspecified atom stereocenters. The highest BCUT2D eigenvalue weighted by Gasteiger charge is 2.43. The summed E-state index contributed by atoms with van der Waals surface area (Å²) in [5.74, 6) is -2.92. The predicted molar refractivity (Wildman–Crippen MR) is 188 cm³/mol. The number of nitrogens with one attached hydrogen (secondary N) is 4. The van der Waals surface area contributed by atoms with Crippen LogP contribution in [0.5, 0.6) is 11.5 Å². The Morgan fingerprint density at radius 2 is 1.79 bits per heavy atom. The molecule has 6 rings (SSSR count). The molecule has 5 amide bonds. The number of benzene rings is 1. The summed E-state index contributed by atoms with van der Waals surface area (Å²) < 4.78 is 11.2. The minimum Gasteiger partial charge on any atom is -0.486 e. The Bertz CT molecular complexity index is 1880. The van der Waals surface area contributed by atoms with Crippen LogP contribution in [0.2, 0.25) is 5.02 Å². The van der Waals surface area contributed by atoms with Crippen molar-refractivity contribution < 1.29 is 43.3 Å². The number of amides is 5. The van der Waals surface area contributed by atoms with Crippen molar-refractivity contribution in [1.82, 2.24) is 41.1 Å². The van der Waals surface area contributed by atoms with Gasteiger partial charge in [0, 0.05) is 54.4 Å². The Kier molecular flexibility index (Phi) is 12.0. The highest BCUT2D eigenvalue weighted by molar-refractivity contribution is 7.13. The Morgan fingerprint density at radius 3 is 2.55 bits per heavy atom. The number of rotatable bonds is 7. The van der Waals surface area contributed by atoms with Crippen LogP contribution in [0.25, 0.3) is 10.8 Å². The number of hydrogen-bond donors (Lipinski definition) is 5. The van der Waals surface area contributed by atoms with E-state index in [9.17, 15) is 33.9 Å². The average Bonchev–Trinajstić information content (AvgIpc) is 3.81. The van der Waals surface area contributed by atoms with Crippen LogP contribution in [0.1, 0.15) is 54.6 Å². The van der Waals surface area contributed by atoms with Crippen LogP contribution in [-0.2, 0) is 30.4 Å². The van der Waals surface area contributed by atoms with Crippen molar-refractivity contribution in [2.75, 3.05) is 26.3 Å². The van der Waals surface area contributed by atoms with E-state index in [0.29, 0.717) is 59.0 Å². The molecule has 3 aromatic rings. The zero-order chi connectivity index (χ0) is 37.5. The van der Waals surface area contributed by atoms with Crippen molar-refractivity contribution in [2.45, 2.75) is 69.1 Å². The predicted octanol–water partition coefficient (Wildman–Crippen LogP) is 1.10. The van der Waals surface area contributed by atoms with Gasteiger partial charge < -0.3 is 40.7 Å². The van der Waals surface area contributed by atoms with E-state index in [0.717, 1.165) is 11.3 Å². The van der Waals surface area contributed by atoms with Gasteiger partial charge in [-0.3, -0.25) is 24.0 Å². The van der Waals surface area contributed by atoms with E-state index in [2.05, 4.69) is 36.2 Å². The van der Waals surface area contributed by atoms with Crippen LogP contribution in [0.3, 0.4) is 0 Å². The number of aliphatic carboxylic acids is 1. The third-order valence-corrected chi connectivity index (χ3v) is 10.1. The first kappa shape index (κ1) is 37.4. The summed E-state index contributed by atoms with van der Waals surface area (Å²) in [6, 6.07) is 0.399. The SMILES string of the molecule is O=C1CC[C@@H](C(=O)O)NC(=O)[C@@H]2C[C@@H](NC(=O)Cc3cc4c(cc3Cl)OCCO4)CN2C(=O)[C@@H](NC(=O)c2csc(-c3ncccn3)n2)CCCCN1. The fraction of sp³-hybridized carbons (Fsp3) is 0.441. The Morgan fingerprint density at radius 1 is 1.04 bits per heavy atom. The minimum atomic E-state index is -1.41. The van der Waals surface area contributed by atoms with Crippen molar-refractivity contribution in [3.63, 3.8) is 0 Å². The van der Waals surface area contributed by atoms with Gasteiger partial charge in [0.25, 0.3) is 5.91 Å². The molecule has 19 heteroatoms. The maximum Gasteiger partial charge on any atom is 0.326 e. The minimum absolute atomic E-state index is 0.0383. The van der Waals surface area contributed by atoms with Gasteiger partial charge in [-0.1, -0.05) is 11.6 Å². The van der Waals surface area contributed by atoms with Crippen molar-refractivity contribution in [1.29, 1.82) is 0 Å². The summed E-state index contributed by atoms with van der Waals surface area (Å²) in [7, 11) is 0. The van der Waals surface area contributed by atoms with Crippen molar-refractivity contribution in [3.05, 3.63) is 52.3 Å². The number of nitrogens with zero attached hydrogens (tertiary/aromatic N) is 4. The highest BCUT2D eigenvalue weighted by atomic mass is 35.5. The van der Waals surface area contributed by atoms with Gasteiger partial charge in [0.1, 0.15) is 37.0 Å². The summed E-state index contributed by atoms with van der Waals surface area (Å²) >= 11 is 7.59. The quantitative estimate of drug-likeness (QED) is 0.228. The van der Waals surface area contributed by atoms with Crippen molar-refractivity contribution >= 4 is 58.4 Å². The number of fused-ring (bicyclic) bond motifs is 2. The lowest BCUT2D eigenvalue weighted by Gasteiger charge is -2.29. The maximum atomic E-state index is 14.3. The molecular weight excluding hydrogens is 732 g/mol. The third kappa shape index (κ3) is 9.36. The Balaban J connectivity index is 1.22. The first-order chi connectivity index (χ1) is 25.5. The second-order valence-electron chi connectivity index (χ2n) is 12.7. The lowest BCUT2D eigenvalue weighted by molar-refractivity contribution is -0.144. The molecule has 280 valence electrons. The molecule has 4 atom stereocenters. The van der Waals surface area contributed by atoms with Crippen molar-refractivity contribution in [3.8, 4) is 22.3 Å². The number of halogens is 1. The molecule has 2 fully saturated rings. The largest absolute Gasteiger partial charge is 0.486 e. The van der Waals surface area contributed by atoms with Crippen LogP contribution in [0.4, 0.5) is 0 Å². The zero-order valence-corrected chi connectivity index (χ0v) is 29.9. The number of aromatic nitrogens is 3. The van der Waals surface area contributed by atoms with Crippen LogP contribution in [0, 0.1) is 0 Å². The number of ether oxygens (including phenoxy) is 2. The molecule has 0 radical (unpaired) electrons. The maximum absolute atomic E-state index is 14.3. The van der Waals surface area contributed by atoms with Crippen LogP contribution in [0.15, 0.2) is 36.0 Å². The van der Waals surface area contributed by atoms with Crippen LogP contribution < -0.4 is 30.7 Å². The van der Waals surface area contributed by atoms with Gasteiger partial charge in [-0.05, 0) is 49.8 Å². The molecule has 0 aliphatic carbocycles. The molecule has 53 heavy (non-hydrogen) atoms. The molecule has 0 spiro atoms. The van der Waals surface area contributed by atoms with E-state index < -0.39 is 53.8 Å². The number of carbonyl (C=O) groups excluding carboxylic acids is 5. The van der Waals surface area contributed by atoms with E-state index in [4.69, 9.17) is 21.1 Å². The molecule has 0 saturated carbocycles. The van der Waals surface area contributed by atoms with Gasteiger partial charge in [-0.2, -0.15) is 0 Å². The monoisotopic (exact) mass is 768 g/mol. The molecule has 1 aromatic carbocycles. The Hall–Kier alpha value is -5.36. The molecule has 3 aliphatic rings. The van der Waals surface area contributed by atoms with Gasteiger partial charge in [-0.25, -0.2) is 19.7 Å². The molecule has 2 aromatic heterocycles. The highest BCUT2D eigenvalue weighted by Crippen LogP contribution is 2.35. The van der Waals surface area contributed by atoms with E-state index in [1.165, 1.54) is 10.3 Å². The number of carbonyl (C=O) groups is 6. The van der Waals surface area contributed by atoms with Gasteiger partial charge in [0.05, 0.1) is 6.42 Å². The first-order valence-electron chi connectivity index (χ1n) is 17.1. The van der Waals surface area contributed by atoms with Gasteiger partial charge in [0.15, 0.2) is 22.3 Å². The number of thiazole rings is 1. The molecule has 0 bridgehead atoms. The normalized spacial score (nSPS) is 22.4. The fourth-order valence-electron chi connectivity index (χ4n) is 6.30. The average molecular weight is 769 g/mol. The summed E-state index contributed by atoms with van der Waals surface area (Å²) in [4.78, 5) is 93.3. The van der Waals surface area contributed by atoms with E-state index >= 15 is 0 Å². The third-order valence-electron chi connectivity index (χ3n) is 8.93. The van der Waals surface area contributed by atoms with E-state index in [1.807, 2.05) is 0 Å². The van der Waals surface area contributed by atoms with Crippen LogP contribution in [-0.4, -0.2) is 111 Å². The number of hydrogen-bond acceptors (Lipinski definition) is 12. The zero-order valence-electron chi connectivity index (χ0n) is 28.3. The second-order valence-corrected chi connectivity index (χ2v) is 14.0. The van der Waals surface area contributed by atoms with Crippen molar-refractivity contribution in [2.24, 2.45) is 0 Å². The number of carboxylic acid groups (broad SMARTS) is 1. The number of carboxylic acids is 1. The van der Waals surface area contributed by atoms with Gasteiger partial charge >= 0.3 is 5.97 Å². The standard InChI is InChI=1S/C34H37ClN8O9S/c35-20-15-26-25(51-10-11-52-26)12-18(20)13-28(45)39-19-14-24-31(47)41-22(34(49)50)5-6-27(44)36-7-2-1-4-21(33(48)43(24)16-19)40-30(46)23-17-53-32(42-23)29-37-8-3-9-38-29/h3,8-9,12,15,17,19,21-22,24H,1-2,4-7,10-11,13-14,16H2,(H,36,44)(H,39,45)(H,40,46)(H,41,47)(H,49,50)/t19-,21+,22+,24+/m1/s1. The molecule has 17 nitrogen and oxygen atoms in total. The first-order valence-corrected chi connectivity index (χ1v) is 18.3. The van der Waals surface area contributed by atoms with E-state index in [-0.39, 0.29) is 56.8 Å². The molecule has 2 saturated heterocycles. The van der Waals surface area contributed by atoms with E-state index in [1.54, 1.807) is 30.6 Å². The summed E-state index contributed by atoms with van der Waals surface area (Å²) in [5.41, 5.74) is 0.520. The molecule has 3 aliphatic heterocycles. The smallest absolute Gasteiger partial charge is 0.326 e. The molecular formula is C34H37ClN8O9S. The van der Waals surface area contributed by atoms with Gasteiger partial charge in [0.2, 0.25) is 23.6 Å².